The van der Waals surface area contributed by atoms with Crippen LogP contribution >= 0.6 is 11.8 Å². The molecule has 1 saturated heterocycles. The molecule has 106 valence electrons. The molecule has 0 aromatic heterocycles. The molecule has 0 amide bonds. The van der Waals surface area contributed by atoms with Crippen LogP contribution in [0.5, 0.6) is 0 Å². The first kappa shape index (κ1) is 13.6. The van der Waals surface area contributed by atoms with Gasteiger partial charge in [0.1, 0.15) is 6.04 Å². The normalized spacial score (nSPS) is 28.9. The molecule has 1 aromatic carbocycles. The van der Waals surface area contributed by atoms with Crippen molar-refractivity contribution in [1.82, 2.24) is 5.32 Å². The Morgan fingerprint density at radius 1 is 1.25 bits per heavy atom. The van der Waals surface area contributed by atoms with Crippen molar-refractivity contribution in [3.63, 3.8) is 0 Å². The van der Waals surface area contributed by atoms with Crippen molar-refractivity contribution in [1.29, 1.82) is 0 Å². The molecule has 0 bridgehead atoms. The van der Waals surface area contributed by atoms with Crippen molar-refractivity contribution >= 4 is 23.5 Å². The second kappa shape index (κ2) is 5.58. The summed E-state index contributed by atoms with van der Waals surface area (Å²) in [5.74, 6) is -0.327. The van der Waals surface area contributed by atoms with Crippen LogP contribution in [0, 0.1) is 5.92 Å². The van der Waals surface area contributed by atoms with Crippen LogP contribution in [0.15, 0.2) is 24.3 Å². The van der Waals surface area contributed by atoms with E-state index in [1.165, 1.54) is 22.9 Å². The minimum absolute atomic E-state index is 0.0378. The van der Waals surface area contributed by atoms with Gasteiger partial charge >= 0.3 is 5.97 Å². The Morgan fingerprint density at radius 2 is 2.00 bits per heavy atom. The van der Waals surface area contributed by atoms with Crippen molar-refractivity contribution in [2.45, 2.75) is 30.6 Å². The first-order valence-corrected chi connectivity index (χ1v) is 7.90. The zero-order valence-electron chi connectivity index (χ0n) is 11.0. The second-order valence-corrected chi connectivity index (χ2v) is 6.49. The minimum atomic E-state index is -0.926. The Hall–Kier alpha value is -1.33. The van der Waals surface area contributed by atoms with Crippen LogP contribution in [0.1, 0.15) is 17.5 Å². The van der Waals surface area contributed by atoms with Gasteiger partial charge in [-0.05, 0) is 30.4 Å². The first-order valence-electron chi connectivity index (χ1n) is 6.85. The molecule has 2 N–H and O–H groups in total. The molecule has 4 nitrogen and oxygen atoms in total. The van der Waals surface area contributed by atoms with Gasteiger partial charge in [0.2, 0.25) is 0 Å². The van der Waals surface area contributed by atoms with Crippen molar-refractivity contribution in [2.75, 3.05) is 5.88 Å². The molecule has 1 fully saturated rings. The van der Waals surface area contributed by atoms with E-state index >= 15 is 0 Å². The second-order valence-electron chi connectivity index (χ2n) is 5.36. The molecule has 0 spiro atoms. The fourth-order valence-electron chi connectivity index (χ4n) is 3.07. The summed E-state index contributed by atoms with van der Waals surface area (Å²) in [6.07, 6.45) is 2.49. The summed E-state index contributed by atoms with van der Waals surface area (Å²) >= 11 is 1.42. The molecule has 1 aliphatic heterocycles. The van der Waals surface area contributed by atoms with Crippen LogP contribution in [0.25, 0.3) is 0 Å². The standard InChI is InChI=1S/C15H17NO3S/c17-13(14-12(15(18)19)16-8-20-14)11-6-5-9-3-1-2-4-10(9)7-11/h1-4,11-12,14,16H,5-8H2,(H,18,19)/t11?,12-,14?/m0/s1. The fraction of sp³-hybridized carbons (Fsp3) is 0.467. The number of rotatable bonds is 3. The van der Waals surface area contributed by atoms with E-state index in [2.05, 4.69) is 17.4 Å². The zero-order chi connectivity index (χ0) is 14.1. The predicted molar refractivity (Wildman–Crippen MR) is 77.8 cm³/mol. The summed E-state index contributed by atoms with van der Waals surface area (Å²) in [4.78, 5) is 23.8. The summed E-state index contributed by atoms with van der Waals surface area (Å²) in [7, 11) is 0. The van der Waals surface area contributed by atoms with Gasteiger partial charge in [-0.15, -0.1) is 11.8 Å². The van der Waals surface area contributed by atoms with Crippen molar-refractivity contribution in [3.05, 3.63) is 35.4 Å². The third-order valence-corrected chi connectivity index (χ3v) is 5.36. The molecular formula is C15H17NO3S. The quantitative estimate of drug-likeness (QED) is 0.883. The van der Waals surface area contributed by atoms with Crippen molar-refractivity contribution in [3.8, 4) is 0 Å². The first-order chi connectivity index (χ1) is 9.66. The number of hydrogen-bond donors (Lipinski definition) is 2. The van der Waals surface area contributed by atoms with E-state index in [1.54, 1.807) is 0 Å². The van der Waals surface area contributed by atoms with Crippen LogP contribution in [0.4, 0.5) is 0 Å². The highest BCUT2D eigenvalue weighted by Gasteiger charge is 2.41. The number of fused-ring (bicyclic) bond motifs is 1. The lowest BCUT2D eigenvalue weighted by molar-refractivity contribution is -0.141. The van der Waals surface area contributed by atoms with E-state index in [0.717, 1.165) is 19.3 Å². The molecule has 1 aromatic rings. The number of hydrogen-bond acceptors (Lipinski definition) is 4. The average Bonchev–Trinajstić information content (AvgIpc) is 2.95. The lowest BCUT2D eigenvalue weighted by Crippen LogP contribution is -2.44. The minimum Gasteiger partial charge on any atom is -0.480 e. The summed E-state index contributed by atoms with van der Waals surface area (Å²) in [5.41, 5.74) is 2.56. The van der Waals surface area contributed by atoms with Crippen LogP contribution in [-0.2, 0) is 22.4 Å². The number of aryl methyl sites for hydroxylation is 1. The number of carbonyl (C=O) groups excluding carboxylic acids is 1. The Kier molecular flexibility index (Phi) is 3.81. The largest absolute Gasteiger partial charge is 0.480 e. The Morgan fingerprint density at radius 3 is 2.75 bits per heavy atom. The SMILES string of the molecule is O=C(C1CCc2ccccc2C1)C1SCN[C@@H]1C(=O)O. The molecule has 3 rings (SSSR count). The molecule has 2 aliphatic rings. The van der Waals surface area contributed by atoms with E-state index < -0.39 is 17.3 Å². The molecule has 20 heavy (non-hydrogen) atoms. The number of carbonyl (C=O) groups is 2. The van der Waals surface area contributed by atoms with Crippen LogP contribution in [0.3, 0.4) is 0 Å². The third-order valence-electron chi connectivity index (χ3n) is 4.16. The van der Waals surface area contributed by atoms with Gasteiger partial charge in [-0.3, -0.25) is 14.9 Å². The molecule has 0 saturated carbocycles. The van der Waals surface area contributed by atoms with Gasteiger partial charge in [-0.1, -0.05) is 24.3 Å². The van der Waals surface area contributed by atoms with Gasteiger partial charge in [0.05, 0.1) is 5.25 Å². The number of ketones is 1. The van der Waals surface area contributed by atoms with E-state index in [1.807, 2.05) is 12.1 Å². The number of benzene rings is 1. The fourth-order valence-corrected chi connectivity index (χ4v) is 4.28. The molecule has 5 heteroatoms. The van der Waals surface area contributed by atoms with E-state index in [-0.39, 0.29) is 11.7 Å². The molecule has 3 atom stereocenters. The Labute approximate surface area is 121 Å². The monoisotopic (exact) mass is 291 g/mol. The number of carboxylic acid groups (broad SMARTS) is 1. The van der Waals surface area contributed by atoms with E-state index in [0.29, 0.717) is 5.88 Å². The zero-order valence-corrected chi connectivity index (χ0v) is 11.9. The third kappa shape index (κ3) is 2.47. The maximum atomic E-state index is 12.6. The smallest absolute Gasteiger partial charge is 0.322 e. The number of aliphatic carboxylic acids is 1. The highest BCUT2D eigenvalue weighted by molar-refractivity contribution is 8.00. The highest BCUT2D eigenvalue weighted by Crippen LogP contribution is 2.31. The average molecular weight is 291 g/mol. The van der Waals surface area contributed by atoms with Crippen molar-refractivity contribution < 1.29 is 14.7 Å². The van der Waals surface area contributed by atoms with Crippen molar-refractivity contribution in [2.24, 2.45) is 5.92 Å². The molecule has 1 aliphatic carbocycles. The van der Waals surface area contributed by atoms with Gasteiger partial charge in [-0.2, -0.15) is 0 Å². The van der Waals surface area contributed by atoms with Crippen LogP contribution in [0.2, 0.25) is 0 Å². The summed E-state index contributed by atoms with van der Waals surface area (Å²) in [5, 5.41) is 11.6. The number of carboxylic acids is 1. The molecular weight excluding hydrogens is 274 g/mol. The van der Waals surface area contributed by atoms with Gasteiger partial charge in [-0.25, -0.2) is 0 Å². The Balaban J connectivity index is 1.74. The number of nitrogens with one attached hydrogen (secondary N) is 1. The van der Waals surface area contributed by atoms with Gasteiger partial charge < -0.3 is 5.11 Å². The lowest BCUT2D eigenvalue weighted by atomic mass is 9.80. The number of thioether (sulfide) groups is 1. The van der Waals surface area contributed by atoms with Crippen LogP contribution in [-0.4, -0.2) is 34.0 Å². The molecule has 1 heterocycles. The Bertz CT molecular complexity index is 546. The highest BCUT2D eigenvalue weighted by atomic mass is 32.2. The van der Waals surface area contributed by atoms with E-state index in [4.69, 9.17) is 5.11 Å². The molecule has 2 unspecified atom stereocenters. The maximum Gasteiger partial charge on any atom is 0.322 e. The van der Waals surface area contributed by atoms with Gasteiger partial charge in [0.15, 0.2) is 5.78 Å². The van der Waals surface area contributed by atoms with Gasteiger partial charge in [0, 0.05) is 11.8 Å². The summed E-state index contributed by atoms with van der Waals surface area (Å²) < 4.78 is 0. The topological polar surface area (TPSA) is 66.4 Å². The van der Waals surface area contributed by atoms with Crippen LogP contribution < -0.4 is 5.32 Å². The lowest BCUT2D eigenvalue weighted by Gasteiger charge is -2.26. The predicted octanol–water partition coefficient (Wildman–Crippen LogP) is 1.48. The van der Waals surface area contributed by atoms with E-state index in [9.17, 15) is 9.59 Å². The summed E-state index contributed by atoms with van der Waals surface area (Å²) in [6, 6.07) is 7.48. The number of Topliss-reactive ketones (excluding diaryl/α,β-unsaturated/α-hetero) is 1. The van der Waals surface area contributed by atoms with Gasteiger partial charge in [0.25, 0.3) is 0 Å². The summed E-state index contributed by atoms with van der Waals surface area (Å²) in [6.45, 7) is 0. The maximum absolute atomic E-state index is 12.6. The molecule has 0 radical (unpaired) electrons.